The van der Waals surface area contributed by atoms with Gasteiger partial charge in [-0.15, -0.1) is 0 Å². The van der Waals surface area contributed by atoms with Crippen LogP contribution in [0.3, 0.4) is 0 Å². The Morgan fingerprint density at radius 2 is 1.83 bits per heavy atom. The molecule has 0 fully saturated rings. The molecule has 0 unspecified atom stereocenters. The summed E-state index contributed by atoms with van der Waals surface area (Å²) >= 11 is 6.53. The molecule has 2 aromatic heterocycles. The van der Waals surface area contributed by atoms with Gasteiger partial charge in [-0.25, -0.2) is 14.2 Å². The third-order valence-electron chi connectivity index (χ3n) is 6.07. The number of rotatable bonds is 4. The van der Waals surface area contributed by atoms with Gasteiger partial charge in [0.1, 0.15) is 11.6 Å². The Morgan fingerprint density at radius 3 is 2.49 bits per heavy atom. The number of anilines is 2. The summed E-state index contributed by atoms with van der Waals surface area (Å²) in [7, 11) is 1.67. The Balaban J connectivity index is 1.56. The van der Waals surface area contributed by atoms with Crippen molar-refractivity contribution >= 4 is 23.1 Å². The molecule has 178 valence electrons. The predicted octanol–water partition coefficient (Wildman–Crippen LogP) is 4.55. The van der Waals surface area contributed by atoms with Crippen molar-refractivity contribution in [3.63, 3.8) is 0 Å². The molecule has 0 spiro atoms. The van der Waals surface area contributed by atoms with Crippen molar-refractivity contribution in [1.29, 1.82) is 0 Å². The van der Waals surface area contributed by atoms with E-state index in [1.54, 1.807) is 43.8 Å². The number of nitrogens with zero attached hydrogens (tertiary/aromatic N) is 4. The fourth-order valence-corrected chi connectivity index (χ4v) is 4.53. The second kappa shape index (κ2) is 8.96. The summed E-state index contributed by atoms with van der Waals surface area (Å²) in [4.78, 5) is 18.9. The number of aromatic nitrogens is 3. The monoisotopic (exact) mass is 490 g/mol. The van der Waals surface area contributed by atoms with Crippen LogP contribution in [0.15, 0.2) is 77.7 Å². The van der Waals surface area contributed by atoms with Gasteiger partial charge in [-0.2, -0.15) is 0 Å². The highest BCUT2D eigenvalue weighted by atomic mass is 35.5. The Morgan fingerprint density at radius 1 is 1.09 bits per heavy atom. The molecule has 4 aromatic rings. The van der Waals surface area contributed by atoms with E-state index in [1.165, 1.54) is 21.3 Å². The van der Waals surface area contributed by atoms with Crippen molar-refractivity contribution in [2.24, 2.45) is 7.05 Å². The third-order valence-corrected chi connectivity index (χ3v) is 6.37. The van der Waals surface area contributed by atoms with Gasteiger partial charge in [0.05, 0.1) is 10.7 Å². The van der Waals surface area contributed by atoms with Gasteiger partial charge in [0.25, 0.3) is 0 Å². The predicted molar refractivity (Wildman–Crippen MR) is 138 cm³/mol. The number of allylic oxidation sites excluding steroid dienone is 1. The van der Waals surface area contributed by atoms with Crippen LogP contribution >= 0.6 is 11.6 Å². The number of nitrogen functional groups attached to an aromatic ring is 1. The van der Waals surface area contributed by atoms with Crippen LogP contribution in [-0.2, 0) is 7.05 Å². The quantitative estimate of drug-likeness (QED) is 0.410. The first kappa shape index (κ1) is 22.7. The van der Waals surface area contributed by atoms with Gasteiger partial charge in [-0.05, 0) is 54.4 Å². The zero-order valence-electron chi connectivity index (χ0n) is 19.3. The average Bonchev–Trinajstić information content (AvgIpc) is 3.18. The number of nitrogens with two attached hydrogens (primary N) is 1. The molecule has 3 heterocycles. The number of hydrogen-bond acceptors (Lipinski definition) is 5. The van der Waals surface area contributed by atoms with Gasteiger partial charge in [0.2, 0.25) is 0 Å². The molecule has 0 aliphatic carbocycles. The van der Waals surface area contributed by atoms with Crippen molar-refractivity contribution < 1.29 is 4.39 Å². The van der Waals surface area contributed by atoms with E-state index in [-0.39, 0.29) is 5.69 Å². The Bertz CT molecular complexity index is 1520. The highest BCUT2D eigenvalue weighted by Gasteiger charge is 2.17. The van der Waals surface area contributed by atoms with E-state index in [0.29, 0.717) is 33.1 Å². The number of hydrogen-bond donors (Lipinski definition) is 2. The van der Waals surface area contributed by atoms with Gasteiger partial charge in [-0.3, -0.25) is 4.57 Å². The van der Waals surface area contributed by atoms with Gasteiger partial charge < -0.3 is 20.5 Å². The SMILES string of the molecule is CC1=CN(c2cc(-c3cc(F)cc(-c4ccc(-n5ccn(C)c5=O)c(Cl)c4)c3N)ccn2)CCN1. The largest absolute Gasteiger partial charge is 0.398 e. The minimum atomic E-state index is -0.417. The summed E-state index contributed by atoms with van der Waals surface area (Å²) in [5.41, 5.74) is 10.9. The molecule has 0 saturated carbocycles. The number of pyridine rings is 1. The molecule has 5 rings (SSSR count). The fraction of sp³-hybridized carbons (Fsp3) is 0.154. The molecule has 9 heteroatoms. The number of aryl methyl sites for hydroxylation is 1. The van der Waals surface area contributed by atoms with Crippen molar-refractivity contribution in [3.05, 3.63) is 94.3 Å². The van der Waals surface area contributed by atoms with Crippen LogP contribution in [0.1, 0.15) is 6.92 Å². The molecular formula is C26H24ClFN6O. The first-order valence-corrected chi connectivity index (χ1v) is 11.5. The van der Waals surface area contributed by atoms with Crippen LogP contribution in [0.2, 0.25) is 5.02 Å². The lowest BCUT2D eigenvalue weighted by Gasteiger charge is -2.26. The Labute approximate surface area is 206 Å². The molecule has 1 aliphatic rings. The smallest absolute Gasteiger partial charge is 0.332 e. The number of nitrogens with one attached hydrogen (secondary N) is 1. The third kappa shape index (κ3) is 4.28. The van der Waals surface area contributed by atoms with E-state index < -0.39 is 5.82 Å². The van der Waals surface area contributed by atoms with Crippen LogP contribution in [0.5, 0.6) is 0 Å². The molecule has 2 aromatic carbocycles. The molecule has 0 radical (unpaired) electrons. The minimum absolute atomic E-state index is 0.213. The fourth-order valence-electron chi connectivity index (χ4n) is 4.25. The lowest BCUT2D eigenvalue weighted by molar-refractivity contribution is 0.629. The zero-order chi connectivity index (χ0) is 24.7. The zero-order valence-corrected chi connectivity index (χ0v) is 20.1. The summed E-state index contributed by atoms with van der Waals surface area (Å²) in [6.07, 6.45) is 7.00. The molecular weight excluding hydrogens is 467 g/mol. The van der Waals surface area contributed by atoms with E-state index in [2.05, 4.69) is 15.2 Å². The molecule has 7 nitrogen and oxygen atoms in total. The van der Waals surface area contributed by atoms with Gasteiger partial charge in [-0.1, -0.05) is 17.7 Å². The second-order valence-electron chi connectivity index (χ2n) is 8.48. The number of halogens is 2. The van der Waals surface area contributed by atoms with Crippen molar-refractivity contribution in [3.8, 4) is 27.9 Å². The van der Waals surface area contributed by atoms with Crippen LogP contribution in [-0.4, -0.2) is 27.2 Å². The van der Waals surface area contributed by atoms with Crippen LogP contribution in [0.25, 0.3) is 27.9 Å². The molecule has 35 heavy (non-hydrogen) atoms. The summed E-state index contributed by atoms with van der Waals surface area (Å²) < 4.78 is 17.7. The molecule has 0 amide bonds. The number of benzene rings is 2. The standard InChI is InChI=1S/C26H24ClFN6O/c1-16-15-33(8-7-30-16)24-12-18(5-6-31-24)21-14-19(28)13-20(25(21)29)17-3-4-23(22(27)11-17)34-10-9-32(2)26(34)35/h3-6,9-15,30H,7-8,29H2,1-2H3. The van der Waals surface area contributed by atoms with Gasteiger partial charge in [0.15, 0.2) is 0 Å². The van der Waals surface area contributed by atoms with Crippen LogP contribution < -0.4 is 21.6 Å². The molecule has 0 atom stereocenters. The summed E-state index contributed by atoms with van der Waals surface area (Å²) in [5.74, 6) is 0.342. The first-order valence-electron chi connectivity index (χ1n) is 11.1. The minimum Gasteiger partial charge on any atom is -0.398 e. The van der Waals surface area contributed by atoms with Crippen LogP contribution in [0.4, 0.5) is 15.9 Å². The van der Waals surface area contributed by atoms with E-state index in [4.69, 9.17) is 17.3 Å². The summed E-state index contributed by atoms with van der Waals surface area (Å²) in [5, 5.41) is 3.64. The van der Waals surface area contributed by atoms with E-state index >= 15 is 0 Å². The maximum absolute atomic E-state index is 14.8. The molecule has 1 aliphatic heterocycles. The van der Waals surface area contributed by atoms with E-state index in [1.807, 2.05) is 25.3 Å². The topological polar surface area (TPSA) is 81.1 Å². The van der Waals surface area contributed by atoms with E-state index in [9.17, 15) is 9.18 Å². The lowest BCUT2D eigenvalue weighted by atomic mass is 9.96. The maximum atomic E-state index is 14.8. The van der Waals surface area contributed by atoms with Gasteiger partial charge in [0, 0.05) is 67.4 Å². The van der Waals surface area contributed by atoms with Crippen LogP contribution in [0, 0.1) is 5.82 Å². The Hall–Kier alpha value is -4.04. The highest BCUT2D eigenvalue weighted by Crippen LogP contribution is 2.38. The normalized spacial score (nSPS) is 13.5. The molecule has 3 N–H and O–H groups in total. The molecule has 0 bridgehead atoms. The highest BCUT2D eigenvalue weighted by molar-refractivity contribution is 6.32. The van der Waals surface area contributed by atoms with Crippen molar-refractivity contribution in [2.75, 3.05) is 23.7 Å². The van der Waals surface area contributed by atoms with Gasteiger partial charge >= 0.3 is 5.69 Å². The maximum Gasteiger partial charge on any atom is 0.332 e. The summed E-state index contributed by atoms with van der Waals surface area (Å²) in [6, 6.07) is 11.7. The first-order chi connectivity index (χ1) is 16.8. The number of imidazole rings is 1. The lowest BCUT2D eigenvalue weighted by Crippen LogP contribution is -2.34. The van der Waals surface area contributed by atoms with Crippen molar-refractivity contribution in [1.82, 2.24) is 19.4 Å². The Kier molecular flexibility index (Phi) is 5.82. The summed E-state index contributed by atoms with van der Waals surface area (Å²) in [6.45, 7) is 3.58. The molecule has 0 saturated heterocycles. The van der Waals surface area contributed by atoms with Crippen molar-refractivity contribution in [2.45, 2.75) is 6.92 Å². The average molecular weight is 491 g/mol. The second-order valence-corrected chi connectivity index (χ2v) is 8.88. The van der Waals surface area contributed by atoms with E-state index in [0.717, 1.165) is 30.2 Å².